The van der Waals surface area contributed by atoms with Crippen molar-refractivity contribution in [2.45, 2.75) is 33.5 Å². The molecule has 0 spiro atoms. The van der Waals surface area contributed by atoms with Gasteiger partial charge in [0.1, 0.15) is 11.6 Å². The Bertz CT molecular complexity index is 758. The van der Waals surface area contributed by atoms with E-state index in [0.29, 0.717) is 12.5 Å². The normalized spacial score (nSPS) is 11.7. The van der Waals surface area contributed by atoms with Gasteiger partial charge in [-0.05, 0) is 42.4 Å². The zero-order chi connectivity index (χ0) is 19.6. The largest absolute Gasteiger partial charge is 0.352 e. The highest BCUT2D eigenvalue weighted by atomic mass is 19.1. The molecule has 2 aromatic carbocycles. The standard InChI is InChI=1S/C21H28F2N4/c1-4-27(5-2)15-17-8-6-7-16(11-17)13-25-21(24-3)26-14-18-12-19(22)9-10-20(18)23/h6-12H,4-5,13-15H2,1-3H3,(H2,24,25,26). The van der Waals surface area contributed by atoms with Gasteiger partial charge in [-0.2, -0.15) is 0 Å². The van der Waals surface area contributed by atoms with Crippen LogP contribution >= 0.6 is 0 Å². The summed E-state index contributed by atoms with van der Waals surface area (Å²) in [6, 6.07) is 11.8. The van der Waals surface area contributed by atoms with Crippen LogP contribution in [0.3, 0.4) is 0 Å². The van der Waals surface area contributed by atoms with E-state index in [1.54, 1.807) is 7.05 Å². The molecule has 2 rings (SSSR count). The SMILES string of the molecule is CCN(CC)Cc1cccc(CNC(=NC)NCc2cc(F)ccc2F)c1. The molecule has 0 atom stereocenters. The number of benzene rings is 2. The van der Waals surface area contributed by atoms with Gasteiger partial charge in [0.25, 0.3) is 0 Å². The molecule has 0 aliphatic carbocycles. The third-order valence-electron chi connectivity index (χ3n) is 4.43. The van der Waals surface area contributed by atoms with E-state index < -0.39 is 11.6 Å². The Morgan fingerprint density at radius 3 is 2.37 bits per heavy atom. The summed E-state index contributed by atoms with van der Waals surface area (Å²) in [6.07, 6.45) is 0. The van der Waals surface area contributed by atoms with Crippen molar-refractivity contribution in [1.29, 1.82) is 0 Å². The van der Waals surface area contributed by atoms with Crippen molar-refractivity contribution in [3.8, 4) is 0 Å². The van der Waals surface area contributed by atoms with E-state index in [0.717, 1.165) is 37.3 Å². The van der Waals surface area contributed by atoms with Crippen LogP contribution in [0, 0.1) is 11.6 Å². The fourth-order valence-electron chi connectivity index (χ4n) is 2.81. The molecule has 0 saturated carbocycles. The first-order valence-electron chi connectivity index (χ1n) is 9.24. The zero-order valence-corrected chi connectivity index (χ0v) is 16.2. The summed E-state index contributed by atoms with van der Waals surface area (Å²) in [5.74, 6) is -0.363. The predicted octanol–water partition coefficient (Wildman–Crippen LogP) is 3.67. The maximum absolute atomic E-state index is 13.7. The van der Waals surface area contributed by atoms with Gasteiger partial charge in [0, 0.05) is 32.2 Å². The summed E-state index contributed by atoms with van der Waals surface area (Å²) in [5, 5.41) is 6.22. The molecule has 0 heterocycles. The second kappa shape index (κ2) is 10.6. The predicted molar refractivity (Wildman–Crippen MR) is 106 cm³/mol. The monoisotopic (exact) mass is 374 g/mol. The van der Waals surface area contributed by atoms with Crippen molar-refractivity contribution < 1.29 is 8.78 Å². The molecule has 4 nitrogen and oxygen atoms in total. The van der Waals surface area contributed by atoms with E-state index in [-0.39, 0.29) is 12.1 Å². The highest BCUT2D eigenvalue weighted by molar-refractivity contribution is 5.79. The molecular formula is C21H28F2N4. The third-order valence-corrected chi connectivity index (χ3v) is 4.43. The Morgan fingerprint density at radius 2 is 1.67 bits per heavy atom. The van der Waals surface area contributed by atoms with E-state index in [1.165, 1.54) is 11.6 Å². The van der Waals surface area contributed by atoms with Crippen molar-refractivity contribution >= 4 is 5.96 Å². The Labute approximate surface area is 160 Å². The number of guanidine groups is 1. The van der Waals surface area contributed by atoms with Gasteiger partial charge in [0.2, 0.25) is 0 Å². The number of hydrogen-bond donors (Lipinski definition) is 2. The molecular weight excluding hydrogens is 346 g/mol. The maximum atomic E-state index is 13.7. The average Bonchev–Trinajstić information content (AvgIpc) is 2.69. The van der Waals surface area contributed by atoms with Gasteiger partial charge < -0.3 is 10.6 Å². The van der Waals surface area contributed by atoms with Gasteiger partial charge in [-0.1, -0.05) is 38.1 Å². The average molecular weight is 374 g/mol. The van der Waals surface area contributed by atoms with E-state index in [4.69, 9.17) is 0 Å². The minimum absolute atomic E-state index is 0.158. The summed E-state index contributed by atoms with van der Waals surface area (Å²) in [7, 11) is 1.65. The third kappa shape index (κ3) is 6.64. The molecule has 2 aromatic rings. The lowest BCUT2D eigenvalue weighted by atomic mass is 10.1. The molecule has 0 saturated heterocycles. The lowest BCUT2D eigenvalue weighted by Gasteiger charge is -2.18. The highest BCUT2D eigenvalue weighted by Crippen LogP contribution is 2.10. The Balaban J connectivity index is 1.91. The van der Waals surface area contributed by atoms with Gasteiger partial charge in [-0.25, -0.2) is 8.78 Å². The van der Waals surface area contributed by atoms with E-state index >= 15 is 0 Å². The molecule has 0 fully saturated rings. The van der Waals surface area contributed by atoms with Gasteiger partial charge in [0.05, 0.1) is 0 Å². The van der Waals surface area contributed by atoms with Crippen LogP contribution in [0.2, 0.25) is 0 Å². The minimum atomic E-state index is -0.457. The number of rotatable bonds is 8. The van der Waals surface area contributed by atoms with Crippen molar-refractivity contribution in [1.82, 2.24) is 15.5 Å². The molecule has 0 unspecified atom stereocenters. The lowest BCUT2D eigenvalue weighted by Crippen LogP contribution is -2.36. The molecule has 0 aliphatic heterocycles. The Hall–Kier alpha value is -2.47. The van der Waals surface area contributed by atoms with E-state index in [2.05, 4.69) is 52.6 Å². The topological polar surface area (TPSA) is 39.7 Å². The van der Waals surface area contributed by atoms with E-state index in [1.807, 2.05) is 6.07 Å². The first-order valence-corrected chi connectivity index (χ1v) is 9.24. The van der Waals surface area contributed by atoms with Crippen LogP contribution in [-0.2, 0) is 19.6 Å². The van der Waals surface area contributed by atoms with Crippen LogP contribution in [0.1, 0.15) is 30.5 Å². The van der Waals surface area contributed by atoms with Crippen molar-refractivity contribution in [2.75, 3.05) is 20.1 Å². The van der Waals surface area contributed by atoms with E-state index in [9.17, 15) is 8.78 Å². The van der Waals surface area contributed by atoms with Gasteiger partial charge in [0.15, 0.2) is 5.96 Å². The number of nitrogens with one attached hydrogen (secondary N) is 2. The lowest BCUT2D eigenvalue weighted by molar-refractivity contribution is 0.296. The van der Waals surface area contributed by atoms with Crippen molar-refractivity contribution in [3.05, 3.63) is 70.8 Å². The summed E-state index contributed by atoms with van der Waals surface area (Å²) < 4.78 is 27.0. The van der Waals surface area contributed by atoms with Crippen LogP contribution in [-0.4, -0.2) is 31.0 Å². The van der Waals surface area contributed by atoms with Crippen LogP contribution in [0.15, 0.2) is 47.5 Å². The first kappa shape index (κ1) is 20.8. The molecule has 0 bridgehead atoms. The number of aliphatic imine (C=N–C) groups is 1. The molecule has 0 radical (unpaired) electrons. The highest BCUT2D eigenvalue weighted by Gasteiger charge is 2.06. The second-order valence-corrected chi connectivity index (χ2v) is 6.30. The molecule has 6 heteroatoms. The molecule has 0 amide bonds. The number of nitrogens with zero attached hydrogens (tertiary/aromatic N) is 2. The smallest absolute Gasteiger partial charge is 0.191 e. The molecule has 146 valence electrons. The van der Waals surface area contributed by atoms with Crippen molar-refractivity contribution in [3.63, 3.8) is 0 Å². The van der Waals surface area contributed by atoms with Crippen LogP contribution in [0.25, 0.3) is 0 Å². The fourth-order valence-corrected chi connectivity index (χ4v) is 2.81. The zero-order valence-electron chi connectivity index (χ0n) is 16.2. The second-order valence-electron chi connectivity index (χ2n) is 6.30. The molecule has 2 N–H and O–H groups in total. The van der Waals surface area contributed by atoms with Gasteiger partial charge in [-0.3, -0.25) is 9.89 Å². The Morgan fingerprint density at radius 1 is 0.963 bits per heavy atom. The summed E-state index contributed by atoms with van der Waals surface area (Å²) in [5.41, 5.74) is 2.67. The van der Waals surface area contributed by atoms with Crippen LogP contribution in [0.5, 0.6) is 0 Å². The molecule has 0 aliphatic rings. The number of halogens is 2. The summed E-state index contributed by atoms with van der Waals surface area (Å²) >= 11 is 0. The molecule has 0 aromatic heterocycles. The van der Waals surface area contributed by atoms with Crippen LogP contribution < -0.4 is 10.6 Å². The van der Waals surface area contributed by atoms with Gasteiger partial charge in [-0.15, -0.1) is 0 Å². The Kier molecular flexibility index (Phi) is 8.20. The number of hydrogen-bond acceptors (Lipinski definition) is 2. The van der Waals surface area contributed by atoms with Gasteiger partial charge >= 0.3 is 0 Å². The molecule has 27 heavy (non-hydrogen) atoms. The summed E-state index contributed by atoms with van der Waals surface area (Å²) in [6.45, 7) is 8.03. The summed E-state index contributed by atoms with van der Waals surface area (Å²) in [4.78, 5) is 6.50. The maximum Gasteiger partial charge on any atom is 0.191 e. The van der Waals surface area contributed by atoms with Crippen molar-refractivity contribution in [2.24, 2.45) is 4.99 Å². The first-order chi connectivity index (χ1) is 13.0. The van der Waals surface area contributed by atoms with Crippen LogP contribution in [0.4, 0.5) is 8.78 Å². The minimum Gasteiger partial charge on any atom is -0.352 e. The fraction of sp³-hybridized carbons (Fsp3) is 0.381. The quantitative estimate of drug-likeness (QED) is 0.547.